The number of halogens is 4. The van der Waals surface area contributed by atoms with Crippen LogP contribution in [0.1, 0.15) is 5.56 Å². The molecule has 1 aromatic carbocycles. The summed E-state index contributed by atoms with van der Waals surface area (Å²) < 4.78 is 39.3. The lowest BCUT2D eigenvalue weighted by molar-refractivity contribution is -0.137. The third kappa shape index (κ3) is 4.66. The fraction of sp³-hybridized carbons (Fsp3) is 0.375. The Bertz CT molecular complexity index is 761. The predicted molar refractivity (Wildman–Crippen MR) is 95.9 cm³/mol. The highest BCUT2D eigenvalue weighted by molar-refractivity contribution is 7.13. The van der Waals surface area contributed by atoms with Crippen molar-refractivity contribution >= 4 is 39.7 Å². The molecule has 0 saturated carbocycles. The average Bonchev–Trinajstić information content (AvgIpc) is 3.11. The molecule has 1 N–H and O–H groups in total. The van der Waals surface area contributed by atoms with Crippen LogP contribution in [-0.4, -0.2) is 48.5 Å². The number of nitrogens with one attached hydrogen (secondary N) is 1. The third-order valence-corrected chi connectivity index (χ3v) is 5.06. The van der Waals surface area contributed by atoms with Gasteiger partial charge in [-0.2, -0.15) is 13.2 Å². The number of anilines is 2. The molecule has 1 saturated heterocycles. The lowest BCUT2D eigenvalue weighted by atomic mass is 10.1. The van der Waals surface area contributed by atoms with E-state index in [-0.39, 0.29) is 17.3 Å². The van der Waals surface area contributed by atoms with Gasteiger partial charge in [-0.3, -0.25) is 9.69 Å². The third-order valence-electron chi connectivity index (χ3n) is 3.99. The number of rotatable bonds is 4. The van der Waals surface area contributed by atoms with Crippen molar-refractivity contribution in [3.8, 4) is 0 Å². The predicted octanol–water partition coefficient (Wildman–Crippen LogP) is 3.58. The van der Waals surface area contributed by atoms with Gasteiger partial charge in [0.25, 0.3) is 0 Å². The highest BCUT2D eigenvalue weighted by Gasteiger charge is 2.34. The molecule has 0 aliphatic carbocycles. The summed E-state index contributed by atoms with van der Waals surface area (Å²) in [4.78, 5) is 20.5. The maximum Gasteiger partial charge on any atom is 0.418 e. The summed E-state index contributed by atoms with van der Waals surface area (Å²) in [5, 5.41) is 5.15. The van der Waals surface area contributed by atoms with Gasteiger partial charge in [-0.15, -0.1) is 11.3 Å². The van der Waals surface area contributed by atoms with Crippen molar-refractivity contribution in [3.63, 3.8) is 0 Å². The number of hydrogen-bond acceptors (Lipinski definition) is 5. The molecule has 0 unspecified atom stereocenters. The molecule has 0 atom stereocenters. The summed E-state index contributed by atoms with van der Waals surface area (Å²) in [6.45, 7) is 2.75. The second-order valence-electron chi connectivity index (χ2n) is 5.81. The Balaban J connectivity index is 1.57. The molecule has 1 aliphatic rings. The van der Waals surface area contributed by atoms with Crippen LogP contribution in [-0.2, 0) is 11.0 Å². The maximum absolute atomic E-state index is 13.1. The number of nitrogens with zero attached hydrogens (tertiary/aromatic N) is 3. The Morgan fingerprint density at radius 2 is 2.00 bits per heavy atom. The molecule has 3 rings (SSSR count). The Morgan fingerprint density at radius 3 is 2.62 bits per heavy atom. The number of thiazole rings is 1. The molecule has 1 fully saturated rings. The van der Waals surface area contributed by atoms with Crippen molar-refractivity contribution < 1.29 is 18.0 Å². The summed E-state index contributed by atoms with van der Waals surface area (Å²) in [6, 6.07) is 3.30. The Morgan fingerprint density at radius 1 is 1.27 bits per heavy atom. The minimum atomic E-state index is -4.59. The first kappa shape index (κ1) is 18.9. The standard InChI is InChI=1S/C16H16ClF3N4OS/c17-11-1-2-13(12(9-11)16(18,19)20)22-14(25)10-23-4-6-24(7-5-23)15-21-3-8-26-15/h1-3,8-9H,4-7,10H2,(H,22,25). The van der Waals surface area contributed by atoms with Crippen LogP contribution in [0, 0.1) is 0 Å². The first-order valence-electron chi connectivity index (χ1n) is 7.86. The molecule has 0 spiro atoms. The quantitative estimate of drug-likeness (QED) is 0.846. The summed E-state index contributed by atoms with van der Waals surface area (Å²) in [7, 11) is 0. The number of piperazine rings is 1. The number of carbonyl (C=O) groups excluding carboxylic acids is 1. The van der Waals surface area contributed by atoms with Crippen LogP contribution >= 0.6 is 22.9 Å². The topological polar surface area (TPSA) is 48.5 Å². The van der Waals surface area contributed by atoms with Gasteiger partial charge in [-0.25, -0.2) is 4.98 Å². The average molecular weight is 405 g/mol. The molecule has 10 heteroatoms. The van der Waals surface area contributed by atoms with Crippen molar-refractivity contribution in [2.45, 2.75) is 6.18 Å². The number of benzene rings is 1. The van der Waals surface area contributed by atoms with E-state index in [0.29, 0.717) is 13.1 Å². The maximum atomic E-state index is 13.1. The largest absolute Gasteiger partial charge is 0.418 e. The van der Waals surface area contributed by atoms with Gasteiger partial charge in [0.2, 0.25) is 5.91 Å². The fourth-order valence-electron chi connectivity index (χ4n) is 2.72. The summed E-state index contributed by atoms with van der Waals surface area (Å²) in [6.07, 6.45) is -2.85. The number of hydrogen-bond donors (Lipinski definition) is 1. The fourth-order valence-corrected chi connectivity index (χ4v) is 3.59. The van der Waals surface area contributed by atoms with Gasteiger partial charge in [0.1, 0.15) is 0 Å². The van der Waals surface area contributed by atoms with Crippen molar-refractivity contribution in [2.75, 3.05) is 42.9 Å². The van der Waals surface area contributed by atoms with Crippen LogP contribution < -0.4 is 10.2 Å². The monoisotopic (exact) mass is 404 g/mol. The Kier molecular flexibility index (Phi) is 5.69. The van der Waals surface area contributed by atoms with E-state index in [1.54, 1.807) is 17.5 Å². The lowest BCUT2D eigenvalue weighted by Gasteiger charge is -2.34. The molecule has 1 aliphatic heterocycles. The molecule has 2 aromatic rings. The van der Waals surface area contributed by atoms with E-state index in [9.17, 15) is 18.0 Å². The summed E-state index contributed by atoms with van der Waals surface area (Å²) in [5.41, 5.74) is -1.24. The van der Waals surface area contributed by atoms with Gasteiger partial charge in [0, 0.05) is 42.8 Å². The number of alkyl halides is 3. The first-order valence-corrected chi connectivity index (χ1v) is 9.12. The molecule has 1 amide bonds. The lowest BCUT2D eigenvalue weighted by Crippen LogP contribution is -2.48. The highest BCUT2D eigenvalue weighted by atomic mass is 35.5. The Hall–Kier alpha value is -1.84. The number of carbonyl (C=O) groups is 1. The summed E-state index contributed by atoms with van der Waals surface area (Å²) in [5.74, 6) is -0.486. The van der Waals surface area contributed by atoms with E-state index in [1.807, 2.05) is 10.3 Å². The van der Waals surface area contributed by atoms with Crippen LogP contribution in [0.15, 0.2) is 29.8 Å². The van der Waals surface area contributed by atoms with Crippen molar-refractivity contribution in [2.24, 2.45) is 0 Å². The molecule has 0 bridgehead atoms. The zero-order valence-corrected chi connectivity index (χ0v) is 15.2. The van der Waals surface area contributed by atoms with E-state index in [0.717, 1.165) is 24.3 Å². The van der Waals surface area contributed by atoms with E-state index < -0.39 is 17.6 Å². The van der Waals surface area contributed by atoms with Gasteiger partial charge in [0.15, 0.2) is 5.13 Å². The highest BCUT2D eigenvalue weighted by Crippen LogP contribution is 2.36. The smallest absolute Gasteiger partial charge is 0.346 e. The van der Waals surface area contributed by atoms with Crippen LogP contribution in [0.3, 0.4) is 0 Å². The molecule has 0 radical (unpaired) electrons. The minimum Gasteiger partial charge on any atom is -0.346 e. The summed E-state index contributed by atoms with van der Waals surface area (Å²) >= 11 is 7.19. The van der Waals surface area contributed by atoms with Gasteiger partial charge in [-0.1, -0.05) is 11.6 Å². The SMILES string of the molecule is O=C(CN1CCN(c2nccs2)CC1)Nc1ccc(Cl)cc1C(F)(F)F. The number of amides is 1. The first-order chi connectivity index (χ1) is 12.3. The number of aromatic nitrogens is 1. The molecule has 140 valence electrons. The van der Waals surface area contributed by atoms with Crippen molar-refractivity contribution in [1.82, 2.24) is 9.88 Å². The van der Waals surface area contributed by atoms with E-state index >= 15 is 0 Å². The van der Waals surface area contributed by atoms with E-state index in [4.69, 9.17) is 11.6 Å². The van der Waals surface area contributed by atoms with Crippen LogP contribution in [0.4, 0.5) is 24.0 Å². The van der Waals surface area contributed by atoms with Gasteiger partial charge >= 0.3 is 6.18 Å². The van der Waals surface area contributed by atoms with E-state index in [1.165, 1.54) is 12.1 Å². The molecule has 2 heterocycles. The molecular weight excluding hydrogens is 389 g/mol. The van der Waals surface area contributed by atoms with Crippen molar-refractivity contribution in [1.29, 1.82) is 0 Å². The zero-order chi connectivity index (χ0) is 18.7. The second-order valence-corrected chi connectivity index (χ2v) is 7.12. The van der Waals surface area contributed by atoms with Gasteiger partial charge < -0.3 is 10.2 Å². The molecule has 26 heavy (non-hydrogen) atoms. The van der Waals surface area contributed by atoms with Gasteiger partial charge in [-0.05, 0) is 18.2 Å². The van der Waals surface area contributed by atoms with Crippen LogP contribution in [0.25, 0.3) is 0 Å². The molecule has 1 aromatic heterocycles. The minimum absolute atomic E-state index is 0.0334. The van der Waals surface area contributed by atoms with Crippen molar-refractivity contribution in [3.05, 3.63) is 40.4 Å². The second kappa shape index (κ2) is 7.81. The Labute approximate surface area is 157 Å². The normalized spacial score (nSPS) is 15.9. The van der Waals surface area contributed by atoms with E-state index in [2.05, 4.69) is 15.2 Å². The van der Waals surface area contributed by atoms with Gasteiger partial charge in [0.05, 0.1) is 17.8 Å². The van der Waals surface area contributed by atoms with Crippen LogP contribution in [0.5, 0.6) is 0 Å². The van der Waals surface area contributed by atoms with Crippen LogP contribution in [0.2, 0.25) is 5.02 Å². The molecular formula is C16H16ClF3N4OS. The molecule has 5 nitrogen and oxygen atoms in total. The zero-order valence-electron chi connectivity index (χ0n) is 13.6.